The molecule has 0 radical (unpaired) electrons. The molecule has 0 aliphatic carbocycles. The molecule has 3 rings (SSSR count). The van der Waals surface area contributed by atoms with E-state index in [0.717, 1.165) is 20.1 Å². The molecule has 0 aliphatic rings. The van der Waals surface area contributed by atoms with Gasteiger partial charge in [0.25, 0.3) is 0 Å². The summed E-state index contributed by atoms with van der Waals surface area (Å²) in [6.07, 6.45) is 0. The Morgan fingerprint density at radius 3 is 2.38 bits per heavy atom. The van der Waals surface area contributed by atoms with Crippen molar-refractivity contribution in [3.63, 3.8) is 0 Å². The van der Waals surface area contributed by atoms with Crippen molar-refractivity contribution in [3.8, 4) is 22.6 Å². The minimum absolute atomic E-state index is 0.128. The first-order chi connectivity index (χ1) is 10.2. The summed E-state index contributed by atoms with van der Waals surface area (Å²) in [6.45, 7) is -0.128. The van der Waals surface area contributed by atoms with Crippen molar-refractivity contribution in [2.45, 2.75) is 6.61 Å². The first kappa shape index (κ1) is 14.5. The number of aromatic nitrogens is 1. The van der Waals surface area contributed by atoms with E-state index in [1.807, 2.05) is 48.5 Å². The fraction of sp³-hybridized carbons (Fsp3) is 0.0625. The first-order valence-electron chi connectivity index (χ1n) is 6.30. The number of hydrogen-bond acceptors (Lipinski definition) is 3. The van der Waals surface area contributed by atoms with Crippen molar-refractivity contribution < 1.29 is 9.63 Å². The Hall–Kier alpha value is -1.43. The van der Waals surface area contributed by atoms with Crippen LogP contribution in [0.2, 0.25) is 0 Å². The molecule has 0 unspecified atom stereocenters. The van der Waals surface area contributed by atoms with Crippen molar-refractivity contribution in [1.82, 2.24) is 5.16 Å². The Labute approximate surface area is 138 Å². The van der Waals surface area contributed by atoms with Gasteiger partial charge in [0, 0.05) is 20.1 Å². The van der Waals surface area contributed by atoms with E-state index in [9.17, 15) is 5.11 Å². The van der Waals surface area contributed by atoms with Crippen LogP contribution in [0.25, 0.3) is 22.6 Å². The predicted molar refractivity (Wildman–Crippen MR) is 88.7 cm³/mol. The molecule has 3 aromatic rings. The summed E-state index contributed by atoms with van der Waals surface area (Å²) < 4.78 is 7.41. The van der Waals surface area contributed by atoms with Crippen molar-refractivity contribution in [2.75, 3.05) is 0 Å². The van der Waals surface area contributed by atoms with Crippen LogP contribution in [0.1, 0.15) is 5.56 Å². The van der Waals surface area contributed by atoms with Gasteiger partial charge in [0.05, 0.1) is 12.2 Å². The smallest absolute Gasteiger partial charge is 0.173 e. The molecule has 0 saturated heterocycles. The molecule has 0 fully saturated rings. The summed E-state index contributed by atoms with van der Waals surface area (Å²) in [6, 6.07) is 15.5. The minimum Gasteiger partial charge on any atom is -0.391 e. The highest BCUT2D eigenvalue weighted by atomic mass is 79.9. The maximum atomic E-state index is 9.71. The molecule has 21 heavy (non-hydrogen) atoms. The zero-order chi connectivity index (χ0) is 14.8. The van der Waals surface area contributed by atoms with Crippen molar-refractivity contribution in [2.24, 2.45) is 0 Å². The van der Waals surface area contributed by atoms with E-state index >= 15 is 0 Å². The maximum absolute atomic E-state index is 9.71. The summed E-state index contributed by atoms with van der Waals surface area (Å²) in [5.41, 5.74) is 3.14. The highest BCUT2D eigenvalue weighted by molar-refractivity contribution is 9.10. The number of halogens is 2. The van der Waals surface area contributed by atoms with Gasteiger partial charge in [-0.25, -0.2) is 0 Å². The third-order valence-corrected chi connectivity index (χ3v) is 4.17. The van der Waals surface area contributed by atoms with Crippen molar-refractivity contribution >= 4 is 31.9 Å². The maximum Gasteiger partial charge on any atom is 0.173 e. The molecule has 0 spiro atoms. The predicted octanol–water partition coefficient (Wildman–Crippen LogP) is 5.03. The highest BCUT2D eigenvalue weighted by Gasteiger charge is 2.18. The molecule has 0 saturated carbocycles. The lowest BCUT2D eigenvalue weighted by Gasteiger charge is -2.02. The molecule has 2 aromatic carbocycles. The van der Waals surface area contributed by atoms with Gasteiger partial charge in [0.1, 0.15) is 5.69 Å². The fourth-order valence-corrected chi connectivity index (χ4v) is 2.81. The molecule has 0 bridgehead atoms. The van der Waals surface area contributed by atoms with E-state index in [2.05, 4.69) is 37.0 Å². The number of aliphatic hydroxyl groups is 1. The summed E-state index contributed by atoms with van der Waals surface area (Å²) in [5, 5.41) is 13.8. The number of rotatable bonds is 3. The molecule has 1 aromatic heterocycles. The van der Waals surface area contributed by atoms with E-state index < -0.39 is 0 Å². The van der Waals surface area contributed by atoms with Crippen LogP contribution in [0.3, 0.4) is 0 Å². The van der Waals surface area contributed by atoms with E-state index in [1.54, 1.807) is 0 Å². The second-order valence-electron chi connectivity index (χ2n) is 4.51. The third-order valence-electron chi connectivity index (χ3n) is 3.15. The van der Waals surface area contributed by atoms with E-state index in [4.69, 9.17) is 4.52 Å². The van der Waals surface area contributed by atoms with Crippen LogP contribution in [0.4, 0.5) is 0 Å². The monoisotopic (exact) mass is 407 g/mol. The molecular formula is C16H11Br2NO2. The quantitative estimate of drug-likeness (QED) is 0.661. The number of aliphatic hydroxyl groups excluding tert-OH is 1. The summed E-state index contributed by atoms with van der Waals surface area (Å²) in [7, 11) is 0. The Balaban J connectivity index is 2.11. The van der Waals surface area contributed by atoms with Gasteiger partial charge in [-0.15, -0.1) is 0 Å². The largest absolute Gasteiger partial charge is 0.391 e. The third kappa shape index (κ3) is 2.95. The SMILES string of the molecule is OCc1c(-c2cccc(Br)c2)noc1-c1ccc(Br)cc1. The van der Waals surface area contributed by atoms with Crippen LogP contribution < -0.4 is 0 Å². The van der Waals surface area contributed by atoms with Crippen LogP contribution in [0, 0.1) is 0 Å². The Morgan fingerprint density at radius 2 is 1.71 bits per heavy atom. The number of nitrogens with zero attached hydrogens (tertiary/aromatic N) is 1. The first-order valence-corrected chi connectivity index (χ1v) is 7.89. The molecule has 5 heteroatoms. The lowest BCUT2D eigenvalue weighted by molar-refractivity contribution is 0.281. The van der Waals surface area contributed by atoms with E-state index in [1.165, 1.54) is 0 Å². The Morgan fingerprint density at radius 1 is 0.952 bits per heavy atom. The molecule has 0 amide bonds. The molecule has 0 aliphatic heterocycles. The van der Waals surface area contributed by atoms with Crippen molar-refractivity contribution in [1.29, 1.82) is 0 Å². The molecule has 106 valence electrons. The average molecular weight is 409 g/mol. The lowest BCUT2D eigenvalue weighted by Crippen LogP contribution is -1.89. The summed E-state index contributed by atoms with van der Waals surface area (Å²) >= 11 is 6.84. The van der Waals surface area contributed by atoms with Gasteiger partial charge in [0.15, 0.2) is 5.76 Å². The van der Waals surface area contributed by atoms with Crippen LogP contribution in [0.15, 0.2) is 62.0 Å². The van der Waals surface area contributed by atoms with Crippen LogP contribution in [-0.2, 0) is 6.61 Å². The lowest BCUT2D eigenvalue weighted by atomic mass is 10.0. The van der Waals surface area contributed by atoms with Gasteiger partial charge in [-0.3, -0.25) is 0 Å². The minimum atomic E-state index is -0.128. The van der Waals surface area contributed by atoms with Gasteiger partial charge in [-0.1, -0.05) is 61.3 Å². The van der Waals surface area contributed by atoms with Crippen LogP contribution >= 0.6 is 31.9 Å². The van der Waals surface area contributed by atoms with Crippen molar-refractivity contribution in [3.05, 3.63) is 63.0 Å². The zero-order valence-corrected chi connectivity index (χ0v) is 14.1. The van der Waals surface area contributed by atoms with Crippen LogP contribution in [-0.4, -0.2) is 10.3 Å². The second kappa shape index (κ2) is 6.13. The fourth-order valence-electron chi connectivity index (χ4n) is 2.15. The van der Waals surface area contributed by atoms with Gasteiger partial charge < -0.3 is 9.63 Å². The molecular weight excluding hydrogens is 398 g/mol. The standard InChI is InChI=1S/C16H11Br2NO2/c17-12-6-4-10(5-7-12)16-14(9-20)15(19-21-16)11-2-1-3-13(18)8-11/h1-8,20H,9H2. The summed E-state index contributed by atoms with van der Waals surface area (Å²) in [4.78, 5) is 0. The topological polar surface area (TPSA) is 46.3 Å². The molecule has 1 N–H and O–H groups in total. The summed E-state index contributed by atoms with van der Waals surface area (Å²) in [5.74, 6) is 0.597. The number of hydrogen-bond donors (Lipinski definition) is 1. The molecule has 1 heterocycles. The van der Waals surface area contributed by atoms with Crippen LogP contribution in [0.5, 0.6) is 0 Å². The normalized spacial score (nSPS) is 10.8. The zero-order valence-electron chi connectivity index (χ0n) is 10.9. The highest BCUT2D eigenvalue weighted by Crippen LogP contribution is 2.33. The van der Waals surface area contributed by atoms with E-state index in [-0.39, 0.29) is 6.61 Å². The Kier molecular flexibility index (Phi) is 4.24. The molecule has 0 atom stereocenters. The van der Waals surface area contributed by atoms with E-state index in [0.29, 0.717) is 17.0 Å². The molecule has 3 nitrogen and oxygen atoms in total. The second-order valence-corrected chi connectivity index (χ2v) is 6.35. The van der Waals surface area contributed by atoms with Gasteiger partial charge in [-0.05, 0) is 24.3 Å². The van der Waals surface area contributed by atoms with Gasteiger partial charge in [0.2, 0.25) is 0 Å². The van der Waals surface area contributed by atoms with Gasteiger partial charge in [-0.2, -0.15) is 0 Å². The Bertz CT molecular complexity index is 766. The number of benzene rings is 2. The van der Waals surface area contributed by atoms with Gasteiger partial charge >= 0.3 is 0 Å². The average Bonchev–Trinajstić information content (AvgIpc) is 2.92.